The number of carbonyl (C=O) groups is 1. The second-order valence-electron chi connectivity index (χ2n) is 5.54. The van der Waals surface area contributed by atoms with Crippen LogP contribution >= 0.6 is 0 Å². The SMILES string of the molecule is CCCNC(C)(NCCC)c1cccc2c1CC(=O)N2. The van der Waals surface area contributed by atoms with Gasteiger partial charge in [-0.25, -0.2) is 0 Å². The fraction of sp³-hybridized carbons (Fsp3) is 0.562. The topological polar surface area (TPSA) is 53.2 Å². The summed E-state index contributed by atoms with van der Waals surface area (Å²) in [6.45, 7) is 8.37. The van der Waals surface area contributed by atoms with E-state index in [0.29, 0.717) is 6.42 Å². The Morgan fingerprint density at radius 2 is 1.85 bits per heavy atom. The molecule has 1 amide bonds. The summed E-state index contributed by atoms with van der Waals surface area (Å²) in [6, 6.07) is 6.10. The van der Waals surface area contributed by atoms with Gasteiger partial charge in [-0.2, -0.15) is 0 Å². The van der Waals surface area contributed by atoms with Crippen molar-refractivity contribution in [1.29, 1.82) is 0 Å². The number of hydrogen-bond donors (Lipinski definition) is 3. The Bertz CT molecular complexity index is 477. The van der Waals surface area contributed by atoms with Crippen LogP contribution in [0.15, 0.2) is 18.2 Å². The van der Waals surface area contributed by atoms with E-state index in [2.05, 4.69) is 42.8 Å². The van der Waals surface area contributed by atoms with Crippen molar-refractivity contribution < 1.29 is 4.79 Å². The minimum absolute atomic E-state index is 0.0841. The van der Waals surface area contributed by atoms with E-state index in [0.717, 1.165) is 37.2 Å². The fourth-order valence-electron chi connectivity index (χ4n) is 2.72. The molecule has 4 heteroatoms. The van der Waals surface area contributed by atoms with Gasteiger partial charge in [0.05, 0.1) is 12.1 Å². The molecule has 4 nitrogen and oxygen atoms in total. The third-order valence-corrected chi connectivity index (χ3v) is 3.78. The van der Waals surface area contributed by atoms with E-state index in [1.807, 2.05) is 12.1 Å². The minimum atomic E-state index is -0.288. The molecule has 1 aliphatic heterocycles. The Kier molecular flexibility index (Phi) is 4.78. The number of benzene rings is 1. The van der Waals surface area contributed by atoms with Gasteiger partial charge >= 0.3 is 0 Å². The van der Waals surface area contributed by atoms with Crippen LogP contribution in [-0.2, 0) is 16.9 Å². The van der Waals surface area contributed by atoms with Crippen molar-refractivity contribution in [2.24, 2.45) is 0 Å². The van der Waals surface area contributed by atoms with Crippen LogP contribution in [0.4, 0.5) is 5.69 Å². The van der Waals surface area contributed by atoms with Gasteiger partial charge in [-0.05, 0) is 50.0 Å². The molecule has 0 spiro atoms. The number of anilines is 1. The van der Waals surface area contributed by atoms with E-state index in [4.69, 9.17) is 0 Å². The average Bonchev–Trinajstić information content (AvgIpc) is 2.82. The minimum Gasteiger partial charge on any atom is -0.326 e. The van der Waals surface area contributed by atoms with Crippen molar-refractivity contribution in [3.8, 4) is 0 Å². The molecule has 3 N–H and O–H groups in total. The smallest absolute Gasteiger partial charge is 0.228 e. The van der Waals surface area contributed by atoms with Gasteiger partial charge in [0.25, 0.3) is 0 Å². The van der Waals surface area contributed by atoms with Gasteiger partial charge in [-0.3, -0.25) is 15.4 Å². The Balaban J connectivity index is 2.34. The number of nitrogens with one attached hydrogen (secondary N) is 3. The molecular formula is C16H25N3O. The number of hydrogen-bond acceptors (Lipinski definition) is 3. The van der Waals surface area contributed by atoms with Crippen LogP contribution in [0.1, 0.15) is 44.7 Å². The van der Waals surface area contributed by atoms with E-state index < -0.39 is 0 Å². The summed E-state index contributed by atoms with van der Waals surface area (Å²) in [5.74, 6) is 0.0841. The summed E-state index contributed by atoms with van der Waals surface area (Å²) >= 11 is 0. The van der Waals surface area contributed by atoms with E-state index in [9.17, 15) is 4.79 Å². The third kappa shape index (κ3) is 3.02. The fourth-order valence-corrected chi connectivity index (χ4v) is 2.72. The van der Waals surface area contributed by atoms with E-state index in [1.54, 1.807) is 0 Å². The molecule has 0 aliphatic carbocycles. The Morgan fingerprint density at radius 3 is 2.45 bits per heavy atom. The highest BCUT2D eigenvalue weighted by Crippen LogP contribution is 2.32. The van der Waals surface area contributed by atoms with Gasteiger partial charge in [0, 0.05) is 5.69 Å². The molecule has 20 heavy (non-hydrogen) atoms. The average molecular weight is 275 g/mol. The standard InChI is InChI=1S/C16H25N3O/c1-4-9-17-16(3,18-10-5-2)13-7-6-8-14-12(13)11-15(20)19-14/h6-8,17-18H,4-5,9-11H2,1-3H3,(H,19,20). The summed E-state index contributed by atoms with van der Waals surface area (Å²) in [6.07, 6.45) is 2.63. The van der Waals surface area contributed by atoms with Crippen LogP contribution in [0.3, 0.4) is 0 Å². The number of fused-ring (bicyclic) bond motifs is 1. The summed E-state index contributed by atoms with van der Waals surface area (Å²) in [5.41, 5.74) is 2.96. The molecule has 1 aliphatic rings. The zero-order valence-electron chi connectivity index (χ0n) is 12.7. The second kappa shape index (κ2) is 6.37. The van der Waals surface area contributed by atoms with Crippen LogP contribution < -0.4 is 16.0 Å². The van der Waals surface area contributed by atoms with Crippen LogP contribution in [0.2, 0.25) is 0 Å². The largest absolute Gasteiger partial charge is 0.326 e. The van der Waals surface area contributed by atoms with Crippen molar-refractivity contribution in [2.75, 3.05) is 18.4 Å². The lowest BCUT2D eigenvalue weighted by Crippen LogP contribution is -2.52. The molecule has 110 valence electrons. The summed E-state index contributed by atoms with van der Waals surface area (Å²) in [7, 11) is 0. The monoisotopic (exact) mass is 275 g/mol. The van der Waals surface area contributed by atoms with Crippen molar-refractivity contribution in [2.45, 2.75) is 45.7 Å². The molecule has 0 aromatic heterocycles. The molecule has 0 saturated heterocycles. The molecule has 0 saturated carbocycles. The van der Waals surface area contributed by atoms with Gasteiger partial charge in [-0.1, -0.05) is 26.0 Å². The highest BCUT2D eigenvalue weighted by atomic mass is 16.1. The molecule has 0 atom stereocenters. The first-order valence-electron chi connectivity index (χ1n) is 7.53. The second-order valence-corrected chi connectivity index (χ2v) is 5.54. The number of rotatable bonds is 7. The molecule has 1 aromatic rings. The quantitative estimate of drug-likeness (QED) is 0.670. The normalized spacial score (nSPS) is 14.2. The van der Waals surface area contributed by atoms with Crippen LogP contribution in [-0.4, -0.2) is 19.0 Å². The number of carbonyl (C=O) groups excluding carboxylic acids is 1. The van der Waals surface area contributed by atoms with Gasteiger partial charge in [0.2, 0.25) is 5.91 Å². The predicted octanol–water partition coefficient (Wildman–Crippen LogP) is 2.35. The molecule has 0 radical (unpaired) electrons. The highest BCUT2D eigenvalue weighted by molar-refractivity contribution is 5.99. The Hall–Kier alpha value is -1.39. The lowest BCUT2D eigenvalue weighted by atomic mass is 9.93. The van der Waals surface area contributed by atoms with Gasteiger partial charge in [0.1, 0.15) is 0 Å². The first kappa shape index (κ1) is 15.0. The molecule has 1 heterocycles. The van der Waals surface area contributed by atoms with Crippen molar-refractivity contribution in [1.82, 2.24) is 10.6 Å². The lowest BCUT2D eigenvalue weighted by molar-refractivity contribution is -0.115. The Labute approximate surface area is 121 Å². The summed E-state index contributed by atoms with van der Waals surface area (Å²) in [4.78, 5) is 11.7. The van der Waals surface area contributed by atoms with E-state index in [1.165, 1.54) is 5.56 Å². The molecular weight excluding hydrogens is 250 g/mol. The molecule has 0 unspecified atom stereocenters. The van der Waals surface area contributed by atoms with Crippen molar-refractivity contribution in [3.05, 3.63) is 29.3 Å². The molecule has 1 aromatic carbocycles. The molecule has 0 fully saturated rings. The summed E-state index contributed by atoms with van der Waals surface area (Å²) in [5, 5.41) is 10.1. The predicted molar refractivity (Wildman–Crippen MR) is 82.7 cm³/mol. The van der Waals surface area contributed by atoms with Crippen LogP contribution in [0, 0.1) is 0 Å². The summed E-state index contributed by atoms with van der Waals surface area (Å²) < 4.78 is 0. The van der Waals surface area contributed by atoms with E-state index in [-0.39, 0.29) is 11.6 Å². The van der Waals surface area contributed by atoms with Crippen LogP contribution in [0.5, 0.6) is 0 Å². The van der Waals surface area contributed by atoms with Crippen LogP contribution in [0.25, 0.3) is 0 Å². The molecule has 2 rings (SSSR count). The van der Waals surface area contributed by atoms with Crippen molar-refractivity contribution in [3.63, 3.8) is 0 Å². The maximum absolute atomic E-state index is 11.7. The molecule has 0 bridgehead atoms. The zero-order valence-corrected chi connectivity index (χ0v) is 12.7. The van der Waals surface area contributed by atoms with E-state index >= 15 is 0 Å². The third-order valence-electron chi connectivity index (χ3n) is 3.78. The van der Waals surface area contributed by atoms with Gasteiger partial charge in [0.15, 0.2) is 0 Å². The van der Waals surface area contributed by atoms with Crippen molar-refractivity contribution >= 4 is 11.6 Å². The first-order chi connectivity index (χ1) is 9.60. The van der Waals surface area contributed by atoms with Gasteiger partial charge in [-0.15, -0.1) is 0 Å². The number of amides is 1. The maximum Gasteiger partial charge on any atom is 0.228 e. The Morgan fingerprint density at radius 1 is 1.20 bits per heavy atom. The lowest BCUT2D eigenvalue weighted by Gasteiger charge is -2.34. The first-order valence-corrected chi connectivity index (χ1v) is 7.53. The van der Waals surface area contributed by atoms with Gasteiger partial charge < -0.3 is 5.32 Å². The maximum atomic E-state index is 11.7. The zero-order chi connectivity index (χ0) is 14.6. The highest BCUT2D eigenvalue weighted by Gasteiger charge is 2.31.